The molecule has 0 spiro atoms. The van der Waals surface area contributed by atoms with E-state index in [9.17, 15) is 23.3 Å². The summed E-state index contributed by atoms with van der Waals surface area (Å²) in [5.41, 5.74) is 1.11. The minimum atomic E-state index is -3.58. The average Bonchev–Trinajstić information content (AvgIpc) is 2.72. The van der Waals surface area contributed by atoms with Crippen molar-refractivity contribution in [1.82, 2.24) is 4.31 Å². The summed E-state index contributed by atoms with van der Waals surface area (Å²) in [5.74, 6) is -0.336. The van der Waals surface area contributed by atoms with Gasteiger partial charge in [0.15, 0.2) is 5.78 Å². The number of allylic oxidation sites excluding steroid dienone is 1. The quantitative estimate of drug-likeness (QED) is 0.289. The van der Waals surface area contributed by atoms with Crippen molar-refractivity contribution in [2.45, 2.75) is 18.7 Å². The van der Waals surface area contributed by atoms with Crippen LogP contribution >= 0.6 is 0 Å². The molecule has 0 saturated carbocycles. The zero-order valence-electron chi connectivity index (χ0n) is 16.5. The number of carbonyl (C=O) groups is 1. The number of nitrogens with one attached hydrogen (secondary N) is 1. The van der Waals surface area contributed by atoms with Gasteiger partial charge >= 0.3 is 0 Å². The molecule has 0 bridgehead atoms. The van der Waals surface area contributed by atoms with E-state index in [0.29, 0.717) is 29.9 Å². The Morgan fingerprint density at radius 1 is 1.14 bits per heavy atom. The molecule has 8 nitrogen and oxygen atoms in total. The Morgan fingerprint density at radius 2 is 1.76 bits per heavy atom. The first kappa shape index (κ1) is 22.3. The summed E-state index contributed by atoms with van der Waals surface area (Å²) in [6.45, 7) is 4.25. The molecule has 0 amide bonds. The maximum Gasteiger partial charge on any atom is 0.292 e. The normalized spacial score (nSPS) is 11.7. The van der Waals surface area contributed by atoms with E-state index in [1.54, 1.807) is 33.0 Å². The Hall–Kier alpha value is -3.04. The molecule has 0 atom stereocenters. The van der Waals surface area contributed by atoms with Gasteiger partial charge < -0.3 is 5.32 Å². The maximum absolute atomic E-state index is 12.5. The van der Waals surface area contributed by atoms with Gasteiger partial charge in [-0.05, 0) is 42.0 Å². The van der Waals surface area contributed by atoms with Crippen LogP contribution in [-0.2, 0) is 10.0 Å². The first-order chi connectivity index (χ1) is 13.7. The first-order valence-corrected chi connectivity index (χ1v) is 10.5. The molecule has 2 aromatic carbocycles. The highest BCUT2D eigenvalue weighted by atomic mass is 32.2. The average molecular weight is 417 g/mol. The van der Waals surface area contributed by atoms with Crippen molar-refractivity contribution >= 4 is 33.3 Å². The van der Waals surface area contributed by atoms with Crippen LogP contribution in [0.25, 0.3) is 6.08 Å². The molecule has 9 heteroatoms. The topological polar surface area (TPSA) is 110 Å². The van der Waals surface area contributed by atoms with Crippen LogP contribution in [0.4, 0.5) is 11.4 Å². The third-order valence-corrected chi connectivity index (χ3v) is 6.46. The van der Waals surface area contributed by atoms with Gasteiger partial charge in [-0.2, -0.15) is 4.31 Å². The van der Waals surface area contributed by atoms with Crippen molar-refractivity contribution in [3.63, 3.8) is 0 Å². The molecule has 0 aliphatic heterocycles. The van der Waals surface area contributed by atoms with E-state index in [0.717, 1.165) is 0 Å². The molecule has 0 aromatic heterocycles. The van der Waals surface area contributed by atoms with Crippen molar-refractivity contribution in [2.24, 2.45) is 0 Å². The molecule has 0 unspecified atom stereocenters. The van der Waals surface area contributed by atoms with Crippen LogP contribution in [0, 0.1) is 10.1 Å². The van der Waals surface area contributed by atoms with Crippen molar-refractivity contribution in [3.05, 3.63) is 69.8 Å². The number of rotatable bonds is 9. The Balaban J connectivity index is 2.22. The Bertz CT molecular complexity index is 1030. The molecule has 0 radical (unpaired) electrons. The molecular weight excluding hydrogens is 394 g/mol. The SMILES string of the molecule is CCN(CC)S(=O)(=O)c1ccc(C(=O)/C=C/c2ccc(NC)c([N+](=O)[O-])c2)cc1. The fourth-order valence-corrected chi connectivity index (χ4v) is 4.24. The number of benzene rings is 2. The van der Waals surface area contributed by atoms with Crippen LogP contribution in [0.15, 0.2) is 53.4 Å². The predicted octanol–water partition coefficient (Wildman–Crippen LogP) is 3.56. The lowest BCUT2D eigenvalue weighted by atomic mass is 10.1. The lowest BCUT2D eigenvalue weighted by molar-refractivity contribution is -0.384. The van der Waals surface area contributed by atoms with Gasteiger partial charge in [0, 0.05) is 31.8 Å². The molecule has 1 N–H and O–H groups in total. The van der Waals surface area contributed by atoms with E-state index in [2.05, 4.69) is 5.32 Å². The highest BCUT2D eigenvalue weighted by Gasteiger charge is 2.21. The van der Waals surface area contributed by atoms with Crippen molar-refractivity contribution in [1.29, 1.82) is 0 Å². The Labute approximate surface area is 170 Å². The second-order valence-corrected chi connectivity index (χ2v) is 8.03. The summed E-state index contributed by atoms with van der Waals surface area (Å²) < 4.78 is 26.3. The summed E-state index contributed by atoms with van der Waals surface area (Å²) in [6, 6.07) is 10.3. The van der Waals surface area contributed by atoms with Gasteiger partial charge in [0.25, 0.3) is 5.69 Å². The number of carbonyl (C=O) groups excluding carboxylic acids is 1. The lowest BCUT2D eigenvalue weighted by Crippen LogP contribution is -2.30. The number of nitrogens with zero attached hydrogens (tertiary/aromatic N) is 2. The highest BCUT2D eigenvalue weighted by Crippen LogP contribution is 2.25. The molecule has 2 rings (SSSR count). The van der Waals surface area contributed by atoms with Crippen LogP contribution in [0.1, 0.15) is 29.8 Å². The first-order valence-electron chi connectivity index (χ1n) is 9.03. The lowest BCUT2D eigenvalue weighted by Gasteiger charge is -2.18. The third-order valence-electron chi connectivity index (χ3n) is 4.40. The Kier molecular flexibility index (Phi) is 7.24. The van der Waals surface area contributed by atoms with Crippen LogP contribution < -0.4 is 5.32 Å². The third kappa shape index (κ3) is 5.07. The van der Waals surface area contributed by atoms with E-state index < -0.39 is 14.9 Å². The molecule has 0 heterocycles. The fraction of sp³-hybridized carbons (Fsp3) is 0.250. The van der Waals surface area contributed by atoms with Crippen LogP contribution in [-0.4, -0.2) is 43.6 Å². The van der Waals surface area contributed by atoms with E-state index in [1.807, 2.05) is 0 Å². The largest absolute Gasteiger partial charge is 0.383 e. The van der Waals surface area contributed by atoms with Crippen molar-refractivity contribution < 1.29 is 18.1 Å². The molecular formula is C20H23N3O5S. The molecule has 0 aliphatic rings. The van der Waals surface area contributed by atoms with Crippen LogP contribution in [0.5, 0.6) is 0 Å². The number of hydrogen-bond acceptors (Lipinski definition) is 6. The monoisotopic (exact) mass is 417 g/mol. The predicted molar refractivity (Wildman–Crippen MR) is 113 cm³/mol. The number of ketones is 1. The molecule has 0 saturated heterocycles. The number of sulfonamides is 1. The number of hydrogen-bond donors (Lipinski definition) is 1. The summed E-state index contributed by atoms with van der Waals surface area (Å²) in [7, 11) is -2.00. The van der Waals surface area contributed by atoms with Gasteiger partial charge in [-0.1, -0.05) is 26.0 Å². The van der Waals surface area contributed by atoms with Crippen LogP contribution in [0.3, 0.4) is 0 Å². The molecule has 154 valence electrons. The van der Waals surface area contributed by atoms with E-state index >= 15 is 0 Å². The summed E-state index contributed by atoms with van der Waals surface area (Å²) in [5, 5.41) is 13.9. The van der Waals surface area contributed by atoms with E-state index in [4.69, 9.17) is 0 Å². The minimum absolute atomic E-state index is 0.0898. The van der Waals surface area contributed by atoms with Gasteiger partial charge in [0.05, 0.1) is 9.82 Å². The minimum Gasteiger partial charge on any atom is -0.383 e. The molecule has 0 aliphatic carbocycles. The molecule has 29 heavy (non-hydrogen) atoms. The number of nitro benzene ring substituents is 1. The molecule has 0 fully saturated rings. The standard InChI is InChI=1S/C20H23N3O5S/c1-4-22(5-2)29(27,28)17-10-8-16(9-11-17)20(24)13-7-15-6-12-18(21-3)19(14-15)23(25)26/h6-14,21H,4-5H2,1-3H3/b13-7+. The van der Waals surface area contributed by atoms with Crippen LogP contribution in [0.2, 0.25) is 0 Å². The fourth-order valence-electron chi connectivity index (χ4n) is 2.79. The zero-order valence-corrected chi connectivity index (χ0v) is 17.3. The number of nitro groups is 1. The van der Waals surface area contributed by atoms with E-state index in [-0.39, 0.29) is 16.4 Å². The maximum atomic E-state index is 12.5. The summed E-state index contributed by atoms with van der Waals surface area (Å²) in [6.07, 6.45) is 2.78. The van der Waals surface area contributed by atoms with E-state index in [1.165, 1.54) is 46.8 Å². The molecule has 2 aromatic rings. The second kappa shape index (κ2) is 9.44. The van der Waals surface area contributed by atoms with Crippen molar-refractivity contribution in [3.8, 4) is 0 Å². The van der Waals surface area contributed by atoms with Gasteiger partial charge in [0.2, 0.25) is 10.0 Å². The van der Waals surface area contributed by atoms with Gasteiger partial charge in [-0.15, -0.1) is 0 Å². The Morgan fingerprint density at radius 3 is 2.28 bits per heavy atom. The van der Waals surface area contributed by atoms with Gasteiger partial charge in [0.1, 0.15) is 5.69 Å². The smallest absolute Gasteiger partial charge is 0.292 e. The van der Waals surface area contributed by atoms with Gasteiger partial charge in [-0.25, -0.2) is 8.42 Å². The van der Waals surface area contributed by atoms with Gasteiger partial charge in [-0.3, -0.25) is 14.9 Å². The van der Waals surface area contributed by atoms with Crippen molar-refractivity contribution in [2.75, 3.05) is 25.5 Å². The summed E-state index contributed by atoms with van der Waals surface area (Å²) >= 11 is 0. The summed E-state index contributed by atoms with van der Waals surface area (Å²) in [4.78, 5) is 23.1. The second-order valence-electron chi connectivity index (χ2n) is 6.09. The number of anilines is 1. The highest BCUT2D eigenvalue weighted by molar-refractivity contribution is 7.89. The zero-order chi connectivity index (χ0) is 21.6.